The van der Waals surface area contributed by atoms with Crippen LogP contribution in [0.2, 0.25) is 0 Å². The number of ether oxygens (including phenoxy) is 2. The van der Waals surface area contributed by atoms with Crippen LogP contribution in [0.5, 0.6) is 5.75 Å². The number of guanidine groups is 1. The summed E-state index contributed by atoms with van der Waals surface area (Å²) < 4.78 is 24.5. The molecule has 0 saturated heterocycles. The molecule has 24 heavy (non-hydrogen) atoms. The summed E-state index contributed by atoms with van der Waals surface area (Å²) in [7, 11) is 0. The summed E-state index contributed by atoms with van der Waals surface area (Å²) in [5.74, 6) is 1.60. The van der Waals surface area contributed by atoms with Gasteiger partial charge in [0.05, 0.1) is 13.2 Å². The van der Waals surface area contributed by atoms with E-state index in [1.807, 2.05) is 6.92 Å². The minimum absolute atomic E-state index is 0. The second-order valence-corrected chi connectivity index (χ2v) is 6.04. The Morgan fingerprint density at radius 3 is 2.75 bits per heavy atom. The largest absolute Gasteiger partial charge is 0.467 e. The van der Waals surface area contributed by atoms with Crippen LogP contribution in [-0.2, 0) is 17.9 Å². The molecule has 0 bridgehead atoms. The summed E-state index contributed by atoms with van der Waals surface area (Å²) in [5, 5.41) is 6.57. The smallest absolute Gasteiger partial charge is 0.191 e. The molecule has 136 valence electrons. The van der Waals surface area contributed by atoms with Crippen molar-refractivity contribution in [2.75, 3.05) is 13.3 Å². The maximum Gasteiger partial charge on any atom is 0.191 e. The van der Waals surface area contributed by atoms with Gasteiger partial charge in [-0.25, -0.2) is 9.38 Å². The normalized spacial score (nSPS) is 15.2. The lowest BCUT2D eigenvalue weighted by molar-refractivity contribution is -0.0172. The molecule has 0 radical (unpaired) electrons. The molecule has 0 fully saturated rings. The van der Waals surface area contributed by atoms with Crippen LogP contribution >= 0.6 is 24.0 Å². The van der Waals surface area contributed by atoms with Gasteiger partial charge in [-0.2, -0.15) is 0 Å². The number of rotatable bonds is 5. The summed E-state index contributed by atoms with van der Waals surface area (Å²) in [6.45, 7) is 10.1. The summed E-state index contributed by atoms with van der Waals surface area (Å²) in [4.78, 5) is 4.56. The van der Waals surface area contributed by atoms with Crippen molar-refractivity contribution in [1.29, 1.82) is 0 Å². The number of hydrogen-bond donors (Lipinski definition) is 2. The van der Waals surface area contributed by atoms with Crippen LogP contribution in [0.25, 0.3) is 0 Å². The molecule has 1 aliphatic rings. The molecule has 1 heterocycles. The highest BCUT2D eigenvalue weighted by Gasteiger charge is 2.17. The number of aliphatic imine (C=N–C) groups is 1. The molecule has 0 aliphatic carbocycles. The van der Waals surface area contributed by atoms with E-state index in [9.17, 15) is 4.39 Å². The van der Waals surface area contributed by atoms with Crippen LogP contribution in [0.4, 0.5) is 4.39 Å². The Bertz CT molecular complexity index is 567. The fourth-order valence-corrected chi connectivity index (χ4v) is 2.24. The molecule has 0 amide bonds. The van der Waals surface area contributed by atoms with Gasteiger partial charge >= 0.3 is 0 Å². The molecule has 5 nitrogen and oxygen atoms in total. The zero-order chi connectivity index (χ0) is 16.8. The molecule has 1 aromatic carbocycles. The average Bonchev–Trinajstić information content (AvgIpc) is 2.52. The van der Waals surface area contributed by atoms with E-state index in [-0.39, 0.29) is 36.6 Å². The first-order valence-corrected chi connectivity index (χ1v) is 8.08. The number of nitrogens with zero attached hydrogens (tertiary/aromatic N) is 1. The van der Waals surface area contributed by atoms with E-state index in [1.54, 1.807) is 0 Å². The third-order valence-corrected chi connectivity index (χ3v) is 3.87. The van der Waals surface area contributed by atoms with Crippen LogP contribution in [0.15, 0.2) is 17.1 Å². The van der Waals surface area contributed by atoms with Gasteiger partial charge in [-0.05, 0) is 31.9 Å². The molecule has 0 saturated carbocycles. The second kappa shape index (κ2) is 10.0. The lowest BCUT2D eigenvalue weighted by atomic mass is 10.1. The van der Waals surface area contributed by atoms with Crippen LogP contribution in [0.1, 0.15) is 38.8 Å². The van der Waals surface area contributed by atoms with Gasteiger partial charge in [0.1, 0.15) is 11.6 Å². The molecule has 1 unspecified atom stereocenters. The molecule has 2 rings (SSSR count). The Balaban J connectivity index is 0.00000288. The van der Waals surface area contributed by atoms with Crippen LogP contribution in [0.3, 0.4) is 0 Å². The van der Waals surface area contributed by atoms with E-state index >= 15 is 0 Å². The quantitative estimate of drug-likeness (QED) is 0.410. The van der Waals surface area contributed by atoms with E-state index in [2.05, 4.69) is 36.4 Å². The Labute approximate surface area is 160 Å². The fourth-order valence-electron chi connectivity index (χ4n) is 2.24. The van der Waals surface area contributed by atoms with E-state index < -0.39 is 0 Å². The van der Waals surface area contributed by atoms with Crippen molar-refractivity contribution < 1.29 is 13.9 Å². The van der Waals surface area contributed by atoms with Crippen molar-refractivity contribution in [3.05, 3.63) is 29.1 Å². The van der Waals surface area contributed by atoms with Gasteiger partial charge in [-0.3, -0.25) is 0 Å². The van der Waals surface area contributed by atoms with E-state index in [1.165, 1.54) is 12.1 Å². The summed E-state index contributed by atoms with van der Waals surface area (Å²) >= 11 is 0. The molecule has 0 aromatic heterocycles. The van der Waals surface area contributed by atoms with Crippen LogP contribution in [-0.4, -0.2) is 25.3 Å². The molecule has 7 heteroatoms. The Kier molecular flexibility index (Phi) is 8.75. The SMILES string of the molecule is CCNC(=NCc1cc(F)cc2c1OCOC2)NC(C)C(C)C.I. The van der Waals surface area contributed by atoms with Crippen LogP contribution < -0.4 is 15.4 Å². The summed E-state index contributed by atoms with van der Waals surface area (Å²) in [6.07, 6.45) is 0. The molecule has 0 spiro atoms. The molecular formula is C17H27FIN3O2. The first-order chi connectivity index (χ1) is 11.0. The topological polar surface area (TPSA) is 54.9 Å². The molecule has 1 atom stereocenters. The number of hydrogen-bond acceptors (Lipinski definition) is 3. The highest BCUT2D eigenvalue weighted by Crippen LogP contribution is 2.29. The van der Waals surface area contributed by atoms with E-state index in [0.717, 1.165) is 23.6 Å². The van der Waals surface area contributed by atoms with Gasteiger partial charge in [-0.15, -0.1) is 24.0 Å². The van der Waals surface area contributed by atoms with E-state index in [4.69, 9.17) is 9.47 Å². The molecule has 1 aliphatic heterocycles. The van der Waals surface area contributed by atoms with Gasteiger partial charge in [0, 0.05) is 23.7 Å². The minimum Gasteiger partial charge on any atom is -0.467 e. The first kappa shape index (κ1) is 21.0. The fraction of sp³-hybridized carbons (Fsp3) is 0.588. The van der Waals surface area contributed by atoms with Gasteiger partial charge in [0.15, 0.2) is 12.8 Å². The summed E-state index contributed by atoms with van der Waals surface area (Å²) in [5.41, 5.74) is 1.47. The lowest BCUT2D eigenvalue weighted by Gasteiger charge is -2.22. The van der Waals surface area contributed by atoms with Gasteiger partial charge in [0.25, 0.3) is 0 Å². The zero-order valence-electron chi connectivity index (χ0n) is 14.7. The minimum atomic E-state index is -0.295. The van der Waals surface area contributed by atoms with E-state index in [0.29, 0.717) is 30.9 Å². The predicted octanol–water partition coefficient (Wildman–Crippen LogP) is 3.41. The van der Waals surface area contributed by atoms with Crippen molar-refractivity contribution in [1.82, 2.24) is 10.6 Å². The maximum atomic E-state index is 13.8. The highest BCUT2D eigenvalue weighted by molar-refractivity contribution is 14.0. The number of halogens is 2. The van der Waals surface area contributed by atoms with Crippen molar-refractivity contribution in [3.8, 4) is 5.75 Å². The zero-order valence-corrected chi connectivity index (χ0v) is 17.0. The second-order valence-electron chi connectivity index (χ2n) is 6.04. The number of fused-ring (bicyclic) bond motifs is 1. The van der Waals surface area contributed by atoms with Crippen molar-refractivity contribution in [2.24, 2.45) is 10.9 Å². The highest BCUT2D eigenvalue weighted by atomic mass is 127. The summed E-state index contributed by atoms with van der Waals surface area (Å²) in [6, 6.07) is 3.22. The maximum absolute atomic E-state index is 13.8. The van der Waals surface area contributed by atoms with Crippen molar-refractivity contribution in [3.63, 3.8) is 0 Å². The predicted molar refractivity (Wildman–Crippen MR) is 104 cm³/mol. The number of nitrogens with one attached hydrogen (secondary N) is 2. The van der Waals surface area contributed by atoms with Gasteiger partial charge in [-0.1, -0.05) is 13.8 Å². The number of benzene rings is 1. The molecule has 1 aromatic rings. The Morgan fingerprint density at radius 2 is 2.08 bits per heavy atom. The molecular weight excluding hydrogens is 424 g/mol. The first-order valence-electron chi connectivity index (χ1n) is 8.08. The van der Waals surface area contributed by atoms with Crippen molar-refractivity contribution in [2.45, 2.75) is 46.9 Å². The van der Waals surface area contributed by atoms with Gasteiger partial charge in [0.2, 0.25) is 0 Å². The van der Waals surface area contributed by atoms with Gasteiger partial charge < -0.3 is 20.1 Å². The van der Waals surface area contributed by atoms with Crippen LogP contribution in [0, 0.1) is 11.7 Å². The third kappa shape index (κ3) is 5.77. The standard InChI is InChI=1S/C17H26FN3O2.HI/c1-5-19-17(21-12(4)11(2)3)20-8-13-6-15(18)7-14-9-22-10-23-16(13)14;/h6-7,11-12H,5,8-10H2,1-4H3,(H2,19,20,21);1H. The molecule has 2 N–H and O–H groups in total. The lowest BCUT2D eigenvalue weighted by Crippen LogP contribution is -2.44. The monoisotopic (exact) mass is 451 g/mol. The Hall–Kier alpha value is -1.09. The Morgan fingerprint density at radius 1 is 1.33 bits per heavy atom. The van der Waals surface area contributed by atoms with Crippen molar-refractivity contribution >= 4 is 29.9 Å². The average molecular weight is 451 g/mol. The third-order valence-electron chi connectivity index (χ3n) is 3.87.